The Kier molecular flexibility index (Phi) is 6.03. The molecule has 2 amide bonds. The van der Waals surface area contributed by atoms with E-state index < -0.39 is 0 Å². The van der Waals surface area contributed by atoms with Gasteiger partial charge in [0.05, 0.1) is 5.92 Å². The number of amides is 2. The summed E-state index contributed by atoms with van der Waals surface area (Å²) in [5, 5.41) is 11.5. The van der Waals surface area contributed by atoms with Gasteiger partial charge in [-0.3, -0.25) is 9.59 Å². The third-order valence-corrected chi connectivity index (χ3v) is 7.25. The van der Waals surface area contributed by atoms with Gasteiger partial charge in [0.2, 0.25) is 5.91 Å². The molecule has 2 aliphatic rings. The van der Waals surface area contributed by atoms with E-state index in [-0.39, 0.29) is 23.5 Å². The van der Waals surface area contributed by atoms with Crippen LogP contribution in [0, 0.1) is 5.92 Å². The third kappa shape index (κ3) is 4.45. The maximum atomic E-state index is 13.4. The van der Waals surface area contributed by atoms with Crippen molar-refractivity contribution in [3.63, 3.8) is 0 Å². The van der Waals surface area contributed by atoms with Gasteiger partial charge in [-0.05, 0) is 66.1 Å². The number of nitrogens with zero attached hydrogens (tertiary/aromatic N) is 2. The normalized spacial score (nSPS) is 19.6. The summed E-state index contributed by atoms with van der Waals surface area (Å²) in [4.78, 5) is 30.5. The van der Waals surface area contributed by atoms with Crippen LogP contribution in [0.25, 0.3) is 10.8 Å². The Morgan fingerprint density at radius 2 is 1.52 bits per heavy atom. The van der Waals surface area contributed by atoms with Crippen molar-refractivity contribution in [2.24, 2.45) is 5.92 Å². The molecule has 2 aliphatic heterocycles. The Hall–Kier alpha value is -3.34. The molecule has 0 spiro atoms. The molecule has 1 unspecified atom stereocenters. The Balaban J connectivity index is 1.23. The van der Waals surface area contributed by atoms with Crippen LogP contribution in [-0.2, 0) is 4.79 Å². The van der Waals surface area contributed by atoms with Crippen LogP contribution >= 0.6 is 0 Å². The lowest BCUT2D eigenvalue weighted by Crippen LogP contribution is -2.48. The monoisotopic (exact) mass is 442 g/mol. The lowest BCUT2D eigenvalue weighted by Gasteiger charge is -2.38. The quantitative estimate of drug-likeness (QED) is 0.634. The summed E-state index contributed by atoms with van der Waals surface area (Å²) in [7, 11) is 0. The smallest absolute Gasteiger partial charge is 0.254 e. The summed E-state index contributed by atoms with van der Waals surface area (Å²) in [5.41, 5.74) is 1.94. The predicted molar refractivity (Wildman–Crippen MR) is 129 cm³/mol. The molecule has 0 aromatic heterocycles. The highest BCUT2D eigenvalue weighted by atomic mass is 16.3. The molecule has 0 radical (unpaired) electrons. The van der Waals surface area contributed by atoms with E-state index in [1.807, 2.05) is 64.4 Å². The molecule has 1 N–H and O–H groups in total. The SMILES string of the molecule is O=C(c1cccc2ccccc12)N1CCCC(C(=O)N2CCC(c3ccc(O)cc3)CC2)C1. The molecule has 5 heteroatoms. The minimum atomic E-state index is -0.122. The Morgan fingerprint density at radius 3 is 2.30 bits per heavy atom. The van der Waals surface area contributed by atoms with Crippen LogP contribution in [0.2, 0.25) is 0 Å². The molecule has 0 bridgehead atoms. The number of rotatable bonds is 3. The second-order valence-corrected chi connectivity index (χ2v) is 9.31. The fourth-order valence-corrected chi connectivity index (χ4v) is 5.38. The first-order valence-electron chi connectivity index (χ1n) is 11.9. The zero-order valence-corrected chi connectivity index (χ0v) is 18.8. The minimum Gasteiger partial charge on any atom is -0.508 e. The van der Waals surface area contributed by atoms with Crippen LogP contribution in [0.4, 0.5) is 0 Å². The number of hydrogen-bond donors (Lipinski definition) is 1. The number of fused-ring (bicyclic) bond motifs is 1. The van der Waals surface area contributed by atoms with Crippen LogP contribution in [0.3, 0.4) is 0 Å². The Labute approximate surface area is 194 Å². The highest BCUT2D eigenvalue weighted by Crippen LogP contribution is 2.31. The molecule has 2 heterocycles. The zero-order chi connectivity index (χ0) is 22.8. The molecular formula is C28H30N2O3. The van der Waals surface area contributed by atoms with Gasteiger partial charge in [0.15, 0.2) is 0 Å². The minimum absolute atomic E-state index is 0.0235. The van der Waals surface area contributed by atoms with E-state index in [4.69, 9.17) is 0 Å². The summed E-state index contributed by atoms with van der Waals surface area (Å²) in [6.07, 6.45) is 3.57. The van der Waals surface area contributed by atoms with Gasteiger partial charge in [0, 0.05) is 31.7 Å². The summed E-state index contributed by atoms with van der Waals surface area (Å²) in [6, 6.07) is 21.2. The second kappa shape index (κ2) is 9.26. The molecule has 2 fully saturated rings. The van der Waals surface area contributed by atoms with Crippen molar-refractivity contribution in [3.8, 4) is 5.75 Å². The van der Waals surface area contributed by atoms with Crippen molar-refractivity contribution in [2.75, 3.05) is 26.2 Å². The standard InChI is InChI=1S/C28H30N2O3/c31-24-12-10-20(11-13-24)21-14-17-29(18-15-21)27(32)23-7-4-16-30(19-23)28(33)26-9-3-6-22-5-1-2-8-25(22)26/h1-3,5-6,8-13,21,23,31H,4,7,14-19H2. The van der Waals surface area contributed by atoms with Gasteiger partial charge in [-0.2, -0.15) is 0 Å². The number of carbonyl (C=O) groups excluding carboxylic acids is 2. The van der Waals surface area contributed by atoms with Gasteiger partial charge < -0.3 is 14.9 Å². The third-order valence-electron chi connectivity index (χ3n) is 7.25. The van der Waals surface area contributed by atoms with Crippen LogP contribution < -0.4 is 0 Å². The number of carbonyl (C=O) groups is 2. The Bertz CT molecular complexity index is 1140. The second-order valence-electron chi connectivity index (χ2n) is 9.31. The molecule has 1 atom stereocenters. The summed E-state index contributed by atoms with van der Waals surface area (Å²) >= 11 is 0. The Morgan fingerprint density at radius 1 is 0.788 bits per heavy atom. The average Bonchev–Trinajstić information content (AvgIpc) is 2.88. The lowest BCUT2D eigenvalue weighted by molar-refractivity contribution is -0.138. The number of piperidine rings is 2. The average molecular weight is 443 g/mol. The molecular weight excluding hydrogens is 412 g/mol. The fourth-order valence-electron chi connectivity index (χ4n) is 5.38. The number of hydrogen-bond acceptors (Lipinski definition) is 3. The van der Waals surface area contributed by atoms with E-state index in [9.17, 15) is 14.7 Å². The van der Waals surface area contributed by atoms with Crippen molar-refractivity contribution in [2.45, 2.75) is 31.6 Å². The molecule has 3 aromatic rings. The number of aromatic hydroxyl groups is 1. The van der Waals surface area contributed by atoms with E-state index >= 15 is 0 Å². The van der Waals surface area contributed by atoms with Crippen LogP contribution in [-0.4, -0.2) is 52.9 Å². The van der Waals surface area contributed by atoms with Gasteiger partial charge in [-0.15, -0.1) is 0 Å². The zero-order valence-electron chi connectivity index (χ0n) is 18.8. The lowest BCUT2D eigenvalue weighted by atomic mass is 9.88. The van der Waals surface area contributed by atoms with E-state index in [0.717, 1.165) is 55.1 Å². The first kappa shape index (κ1) is 21.5. The van der Waals surface area contributed by atoms with Crippen molar-refractivity contribution in [1.82, 2.24) is 9.80 Å². The predicted octanol–water partition coefficient (Wildman–Crippen LogP) is 4.80. The number of likely N-dealkylation sites (tertiary alicyclic amines) is 2. The van der Waals surface area contributed by atoms with Crippen LogP contribution in [0.1, 0.15) is 47.5 Å². The van der Waals surface area contributed by atoms with E-state index in [1.165, 1.54) is 5.56 Å². The largest absolute Gasteiger partial charge is 0.508 e. The number of benzene rings is 3. The maximum absolute atomic E-state index is 13.4. The maximum Gasteiger partial charge on any atom is 0.254 e. The molecule has 0 saturated carbocycles. The summed E-state index contributed by atoms with van der Waals surface area (Å²) < 4.78 is 0. The molecule has 5 nitrogen and oxygen atoms in total. The van der Waals surface area contributed by atoms with Gasteiger partial charge in [-0.1, -0.05) is 48.5 Å². The van der Waals surface area contributed by atoms with Crippen molar-refractivity contribution >= 4 is 22.6 Å². The highest BCUT2D eigenvalue weighted by molar-refractivity contribution is 6.07. The molecule has 0 aliphatic carbocycles. The highest BCUT2D eigenvalue weighted by Gasteiger charge is 2.33. The molecule has 170 valence electrons. The van der Waals surface area contributed by atoms with E-state index in [2.05, 4.69) is 0 Å². The van der Waals surface area contributed by atoms with Gasteiger partial charge in [0.1, 0.15) is 5.75 Å². The molecule has 2 saturated heterocycles. The summed E-state index contributed by atoms with van der Waals surface area (Å²) in [5.74, 6) is 0.796. The van der Waals surface area contributed by atoms with Crippen molar-refractivity contribution < 1.29 is 14.7 Å². The first-order valence-corrected chi connectivity index (χ1v) is 11.9. The molecule has 5 rings (SSSR count). The molecule has 33 heavy (non-hydrogen) atoms. The van der Waals surface area contributed by atoms with Gasteiger partial charge in [0.25, 0.3) is 5.91 Å². The summed E-state index contributed by atoms with van der Waals surface area (Å²) in [6.45, 7) is 2.70. The van der Waals surface area contributed by atoms with Crippen LogP contribution in [0.5, 0.6) is 5.75 Å². The first-order chi connectivity index (χ1) is 16.1. The van der Waals surface area contributed by atoms with Gasteiger partial charge in [-0.25, -0.2) is 0 Å². The number of phenols is 1. The number of phenolic OH excluding ortho intramolecular Hbond substituents is 1. The van der Waals surface area contributed by atoms with Crippen molar-refractivity contribution in [3.05, 3.63) is 77.9 Å². The van der Waals surface area contributed by atoms with Crippen LogP contribution in [0.15, 0.2) is 66.7 Å². The molecule has 3 aromatic carbocycles. The van der Waals surface area contributed by atoms with E-state index in [1.54, 1.807) is 12.1 Å². The van der Waals surface area contributed by atoms with Gasteiger partial charge >= 0.3 is 0 Å². The fraction of sp³-hybridized carbons (Fsp3) is 0.357. The van der Waals surface area contributed by atoms with E-state index in [0.29, 0.717) is 19.0 Å². The topological polar surface area (TPSA) is 60.9 Å². The van der Waals surface area contributed by atoms with Crippen molar-refractivity contribution in [1.29, 1.82) is 0 Å².